The van der Waals surface area contributed by atoms with Crippen LogP contribution >= 0.6 is 0 Å². The van der Waals surface area contributed by atoms with Gasteiger partial charge in [-0.3, -0.25) is 4.68 Å². The lowest BCUT2D eigenvalue weighted by Gasteiger charge is -2.17. The maximum atomic E-state index is 13.1. The van der Waals surface area contributed by atoms with Crippen molar-refractivity contribution in [3.8, 4) is 11.3 Å². The van der Waals surface area contributed by atoms with E-state index in [9.17, 15) is 8.42 Å². The van der Waals surface area contributed by atoms with E-state index in [1.54, 1.807) is 6.20 Å². The highest BCUT2D eigenvalue weighted by Crippen LogP contribution is 2.33. The highest BCUT2D eigenvalue weighted by atomic mass is 32.2. The van der Waals surface area contributed by atoms with E-state index in [2.05, 4.69) is 9.82 Å². The smallest absolute Gasteiger partial charge is 0.244 e. The molecule has 28 heavy (non-hydrogen) atoms. The molecule has 1 fully saturated rings. The summed E-state index contributed by atoms with van der Waals surface area (Å²) in [7, 11) is -3.77. The normalized spacial score (nSPS) is 15.5. The highest BCUT2D eigenvalue weighted by Gasteiger charge is 2.27. The molecule has 0 amide bonds. The fourth-order valence-corrected chi connectivity index (χ4v) is 4.69. The number of rotatable bonds is 10. The SMILES string of the molecule is CCOC(CNS(=O)(=O)c1cn(C2CCCC2)nc1-c1ccccc1)OCC. The van der Waals surface area contributed by atoms with Crippen molar-refractivity contribution in [1.29, 1.82) is 0 Å². The summed E-state index contributed by atoms with van der Waals surface area (Å²) in [5.41, 5.74) is 1.26. The maximum Gasteiger partial charge on any atom is 0.244 e. The molecule has 1 aliphatic rings. The van der Waals surface area contributed by atoms with Gasteiger partial charge in [0.2, 0.25) is 10.0 Å². The van der Waals surface area contributed by atoms with Gasteiger partial charge in [-0.1, -0.05) is 43.2 Å². The van der Waals surface area contributed by atoms with Gasteiger partial charge in [-0.25, -0.2) is 13.1 Å². The van der Waals surface area contributed by atoms with Crippen molar-refractivity contribution in [3.63, 3.8) is 0 Å². The first-order valence-corrected chi connectivity index (χ1v) is 11.4. The summed E-state index contributed by atoms with van der Waals surface area (Å²) in [5.74, 6) is 0. The summed E-state index contributed by atoms with van der Waals surface area (Å²) in [6.45, 7) is 4.63. The fraction of sp³-hybridized carbons (Fsp3) is 0.550. The van der Waals surface area contributed by atoms with Crippen molar-refractivity contribution >= 4 is 10.0 Å². The molecule has 7 nitrogen and oxygen atoms in total. The van der Waals surface area contributed by atoms with E-state index in [-0.39, 0.29) is 17.5 Å². The minimum atomic E-state index is -3.77. The molecule has 1 aliphatic carbocycles. The lowest BCUT2D eigenvalue weighted by molar-refractivity contribution is -0.130. The number of hydrogen-bond donors (Lipinski definition) is 1. The van der Waals surface area contributed by atoms with Crippen LogP contribution in [0.2, 0.25) is 0 Å². The molecule has 0 aliphatic heterocycles. The molecule has 0 saturated heterocycles. The van der Waals surface area contributed by atoms with E-state index in [1.807, 2.05) is 48.9 Å². The Morgan fingerprint density at radius 2 is 1.79 bits per heavy atom. The van der Waals surface area contributed by atoms with Crippen LogP contribution < -0.4 is 4.72 Å². The monoisotopic (exact) mass is 407 g/mol. The summed E-state index contributed by atoms with van der Waals surface area (Å²) in [5, 5.41) is 4.66. The molecular weight excluding hydrogens is 378 g/mol. The molecule has 8 heteroatoms. The van der Waals surface area contributed by atoms with Gasteiger partial charge in [0.1, 0.15) is 10.6 Å². The molecule has 2 aromatic rings. The number of nitrogens with one attached hydrogen (secondary N) is 1. The van der Waals surface area contributed by atoms with Gasteiger partial charge in [-0.05, 0) is 26.7 Å². The van der Waals surface area contributed by atoms with E-state index in [1.165, 1.54) is 0 Å². The van der Waals surface area contributed by atoms with Crippen molar-refractivity contribution in [3.05, 3.63) is 36.5 Å². The van der Waals surface area contributed by atoms with Crippen LogP contribution in [-0.2, 0) is 19.5 Å². The Bertz CT molecular complexity index is 840. The Labute approximate surface area is 167 Å². The van der Waals surface area contributed by atoms with E-state index in [0.717, 1.165) is 31.2 Å². The van der Waals surface area contributed by atoms with Crippen molar-refractivity contribution in [1.82, 2.24) is 14.5 Å². The zero-order chi connectivity index (χ0) is 20.0. The minimum absolute atomic E-state index is 0.0485. The highest BCUT2D eigenvalue weighted by molar-refractivity contribution is 7.89. The number of aromatic nitrogens is 2. The average molecular weight is 408 g/mol. The van der Waals surface area contributed by atoms with E-state index in [4.69, 9.17) is 9.47 Å². The second kappa shape index (κ2) is 9.65. The van der Waals surface area contributed by atoms with Crippen molar-refractivity contribution in [2.45, 2.75) is 56.8 Å². The third-order valence-corrected chi connectivity index (χ3v) is 6.30. The summed E-state index contributed by atoms with van der Waals surface area (Å²) < 4.78 is 41.5. The number of sulfonamides is 1. The lowest BCUT2D eigenvalue weighted by atomic mass is 10.2. The summed E-state index contributed by atoms with van der Waals surface area (Å²) >= 11 is 0. The van der Waals surface area contributed by atoms with Gasteiger partial charge >= 0.3 is 0 Å². The van der Waals surface area contributed by atoms with Gasteiger partial charge in [-0.2, -0.15) is 5.10 Å². The van der Waals surface area contributed by atoms with Crippen molar-refractivity contribution in [2.24, 2.45) is 0 Å². The summed E-state index contributed by atoms with van der Waals surface area (Å²) in [4.78, 5) is 0.192. The molecule has 1 aromatic heterocycles. The van der Waals surface area contributed by atoms with Crippen LogP contribution in [0.3, 0.4) is 0 Å². The van der Waals surface area contributed by atoms with Crippen LogP contribution in [0.1, 0.15) is 45.6 Å². The number of hydrogen-bond acceptors (Lipinski definition) is 5. The third kappa shape index (κ3) is 5.00. The molecule has 0 radical (unpaired) electrons. The van der Waals surface area contributed by atoms with Gasteiger partial charge in [0.25, 0.3) is 0 Å². The Morgan fingerprint density at radius 1 is 1.14 bits per heavy atom. The van der Waals surface area contributed by atoms with Gasteiger partial charge in [-0.15, -0.1) is 0 Å². The fourth-order valence-electron chi connectivity index (χ4n) is 3.52. The molecule has 0 bridgehead atoms. The molecule has 3 rings (SSSR count). The molecule has 1 heterocycles. The molecule has 0 unspecified atom stereocenters. The predicted octanol–water partition coefficient (Wildman–Crippen LogP) is 3.34. The molecule has 154 valence electrons. The quantitative estimate of drug-likeness (QED) is 0.611. The van der Waals surface area contributed by atoms with Crippen LogP contribution in [-0.4, -0.2) is 44.2 Å². The van der Waals surface area contributed by atoms with E-state index >= 15 is 0 Å². The Kier molecular flexibility index (Phi) is 7.23. The summed E-state index contributed by atoms with van der Waals surface area (Å²) in [6, 6.07) is 9.68. The van der Waals surface area contributed by atoms with Crippen LogP contribution in [0.25, 0.3) is 11.3 Å². The second-order valence-corrected chi connectivity index (χ2v) is 8.55. The lowest BCUT2D eigenvalue weighted by Crippen LogP contribution is -2.35. The molecular formula is C20H29N3O4S. The number of ether oxygens (including phenoxy) is 2. The third-order valence-electron chi connectivity index (χ3n) is 4.88. The summed E-state index contributed by atoms with van der Waals surface area (Å²) in [6.07, 6.45) is 5.40. The maximum absolute atomic E-state index is 13.1. The average Bonchev–Trinajstić information content (AvgIpc) is 3.37. The number of benzene rings is 1. The largest absolute Gasteiger partial charge is 0.352 e. The molecule has 1 aromatic carbocycles. The molecule has 0 spiro atoms. The number of nitrogens with zero attached hydrogens (tertiary/aromatic N) is 2. The first-order chi connectivity index (χ1) is 13.5. The Balaban J connectivity index is 1.89. The van der Waals surface area contributed by atoms with Gasteiger partial charge in [0.15, 0.2) is 6.29 Å². The zero-order valence-electron chi connectivity index (χ0n) is 16.5. The predicted molar refractivity (Wildman–Crippen MR) is 107 cm³/mol. The van der Waals surface area contributed by atoms with Crippen LogP contribution in [0, 0.1) is 0 Å². The van der Waals surface area contributed by atoms with Gasteiger partial charge in [0.05, 0.1) is 12.6 Å². The van der Waals surface area contributed by atoms with Crippen LogP contribution in [0.15, 0.2) is 41.4 Å². The van der Waals surface area contributed by atoms with Gasteiger partial charge < -0.3 is 9.47 Å². The standard InChI is InChI=1S/C20H29N3O4S/c1-3-26-19(27-4-2)14-21-28(24,25)18-15-23(17-12-8-9-13-17)22-20(18)16-10-6-5-7-11-16/h5-7,10-11,15,17,19,21H,3-4,8-9,12-14H2,1-2H3. The minimum Gasteiger partial charge on any atom is -0.352 e. The molecule has 0 atom stereocenters. The molecule has 1 N–H and O–H groups in total. The van der Waals surface area contributed by atoms with Crippen LogP contribution in [0.5, 0.6) is 0 Å². The zero-order valence-corrected chi connectivity index (χ0v) is 17.3. The Morgan fingerprint density at radius 3 is 2.39 bits per heavy atom. The van der Waals surface area contributed by atoms with E-state index in [0.29, 0.717) is 18.9 Å². The Hall–Kier alpha value is -1.74. The first-order valence-electron chi connectivity index (χ1n) is 9.92. The van der Waals surface area contributed by atoms with Crippen LogP contribution in [0.4, 0.5) is 0 Å². The molecule has 1 saturated carbocycles. The second-order valence-electron chi connectivity index (χ2n) is 6.82. The van der Waals surface area contributed by atoms with Crippen molar-refractivity contribution < 1.29 is 17.9 Å². The van der Waals surface area contributed by atoms with Gasteiger partial charge in [0, 0.05) is 25.0 Å². The topological polar surface area (TPSA) is 82.5 Å². The van der Waals surface area contributed by atoms with E-state index < -0.39 is 16.3 Å². The van der Waals surface area contributed by atoms with Crippen molar-refractivity contribution in [2.75, 3.05) is 19.8 Å². The first kappa shape index (κ1) is 21.0.